The minimum absolute atomic E-state index is 0.567. The summed E-state index contributed by atoms with van der Waals surface area (Å²) in [6, 6.07) is 57.3. The Morgan fingerprint density at radius 1 is 0.306 bits per heavy atom. The number of allylic oxidation sites excluding steroid dienone is 2. The summed E-state index contributed by atoms with van der Waals surface area (Å²) in [5.74, 6) is 2.36. The Labute approximate surface area is 433 Å². The second-order valence-corrected chi connectivity index (χ2v) is 36.4. The van der Waals surface area contributed by atoms with Crippen LogP contribution >= 0.6 is 0 Å². The zero-order valence-electron chi connectivity index (χ0n) is 44.1. The zero-order valence-corrected chi connectivity index (χ0v) is 48.3. The topological polar surface area (TPSA) is 18.5 Å². The third-order valence-electron chi connectivity index (χ3n) is 17.9. The van der Waals surface area contributed by atoms with Gasteiger partial charge < -0.3 is 0 Å². The summed E-state index contributed by atoms with van der Waals surface area (Å²) in [6.07, 6.45) is 1.36. The van der Waals surface area contributed by atoms with Gasteiger partial charge in [0.05, 0.1) is 0 Å². The Bertz CT molecular complexity index is 3260. The molecule has 356 valence electrons. The van der Waals surface area contributed by atoms with Crippen molar-refractivity contribution in [2.45, 2.75) is 104 Å². The monoisotopic (exact) mass is 1060 g/mol. The molecule has 0 amide bonds. The van der Waals surface area contributed by atoms with Crippen molar-refractivity contribution >= 4 is 44.8 Å². The summed E-state index contributed by atoms with van der Waals surface area (Å²) < 4.78 is 22.4. The van der Waals surface area contributed by atoms with Crippen LogP contribution in [0.5, 0.6) is 0 Å². The predicted molar refractivity (Wildman–Crippen MR) is 303 cm³/mol. The van der Waals surface area contributed by atoms with Gasteiger partial charge in [-0.05, 0) is 0 Å². The van der Waals surface area contributed by atoms with Crippen LogP contribution in [0.1, 0.15) is 102 Å². The van der Waals surface area contributed by atoms with Crippen LogP contribution in [0.2, 0.25) is 0 Å². The SMILES string of the molecule is Cc1cc(C)[c]([Ge]2([c]3c(C)cc(C)cc3C)[O]C3=C(CC4=C(C3)[C]3(c5ccccc5-c5ccccc53)[Ge]([c]3c(C)cc(C)cc3C)([c]3c(C)cc(C)cc3C)[O]4)[C]23c2ccccc2-c2ccccc23)c(C)c1. The normalized spacial score (nSPS) is 17.6. The molecule has 8 aromatic carbocycles. The van der Waals surface area contributed by atoms with Crippen LogP contribution < -0.4 is 17.6 Å². The average Bonchev–Trinajstić information content (AvgIpc) is 3.99. The van der Waals surface area contributed by atoms with E-state index < -0.39 is 35.7 Å². The van der Waals surface area contributed by atoms with E-state index in [-0.39, 0.29) is 0 Å². The Hall–Kier alpha value is -6.07. The fourth-order valence-electron chi connectivity index (χ4n) is 16.6. The van der Waals surface area contributed by atoms with Gasteiger partial charge in [-0.1, -0.05) is 0 Å². The second kappa shape index (κ2) is 15.7. The first kappa shape index (κ1) is 45.8. The van der Waals surface area contributed by atoms with Crippen molar-refractivity contribution in [3.63, 3.8) is 0 Å². The third kappa shape index (κ3) is 5.53. The first-order chi connectivity index (χ1) is 34.6. The van der Waals surface area contributed by atoms with Crippen LogP contribution in [-0.4, -0.2) is 27.2 Å². The molecule has 4 heteroatoms. The molecule has 5 aliphatic rings. The molecule has 0 aromatic heterocycles. The molecule has 3 aliphatic carbocycles. The molecule has 0 radical (unpaired) electrons. The van der Waals surface area contributed by atoms with Gasteiger partial charge in [0.25, 0.3) is 0 Å². The van der Waals surface area contributed by atoms with Crippen molar-refractivity contribution in [1.82, 2.24) is 0 Å². The predicted octanol–water partition coefficient (Wildman–Crippen LogP) is 13.6. The average molecular weight is 1060 g/mol. The van der Waals surface area contributed by atoms with Crippen molar-refractivity contribution in [2.75, 3.05) is 0 Å². The van der Waals surface area contributed by atoms with Crippen LogP contribution in [0, 0.1) is 83.1 Å². The Morgan fingerprint density at radius 2 is 0.514 bits per heavy atom. The van der Waals surface area contributed by atoms with E-state index >= 15 is 0 Å². The molecule has 13 rings (SSSR count). The minimum atomic E-state index is -4.45. The zero-order chi connectivity index (χ0) is 50.0. The summed E-state index contributed by atoms with van der Waals surface area (Å²) >= 11 is -8.91. The number of benzene rings is 8. The van der Waals surface area contributed by atoms with Crippen molar-refractivity contribution < 1.29 is 7.53 Å². The summed E-state index contributed by atoms with van der Waals surface area (Å²) in [7, 11) is 0. The van der Waals surface area contributed by atoms with Gasteiger partial charge in [0.1, 0.15) is 0 Å². The summed E-state index contributed by atoms with van der Waals surface area (Å²) in [5, 5.41) is 0. The van der Waals surface area contributed by atoms with Gasteiger partial charge in [-0.2, -0.15) is 0 Å². The number of fused-ring (bicyclic) bond motifs is 12. The van der Waals surface area contributed by atoms with Crippen molar-refractivity contribution in [3.05, 3.63) is 257 Å². The van der Waals surface area contributed by atoms with E-state index in [1.165, 1.54) is 152 Å². The fourth-order valence-corrected chi connectivity index (χ4v) is 42.9. The van der Waals surface area contributed by atoms with Gasteiger partial charge in [0.15, 0.2) is 0 Å². The molecule has 2 spiro atoms. The van der Waals surface area contributed by atoms with Crippen LogP contribution in [0.15, 0.2) is 168 Å². The molecular weight excluding hydrogens is 994 g/mol. The Balaban J connectivity index is 1.20. The number of aryl methyl sites for hydroxylation is 12. The molecule has 0 unspecified atom stereocenters. The molecule has 8 aromatic rings. The van der Waals surface area contributed by atoms with Gasteiger partial charge >= 0.3 is 436 Å². The first-order valence-corrected chi connectivity index (χ1v) is 34.2. The van der Waals surface area contributed by atoms with Gasteiger partial charge in [-0.25, -0.2) is 0 Å². The maximum atomic E-state index is 8.87. The molecular formula is C68H64Ge2O2. The molecule has 2 aliphatic heterocycles. The Kier molecular flexibility index (Phi) is 9.99. The van der Waals surface area contributed by atoms with E-state index in [1.54, 1.807) is 0 Å². The van der Waals surface area contributed by atoms with E-state index in [1.807, 2.05) is 0 Å². The molecule has 2 nitrogen and oxygen atoms in total. The first-order valence-electron chi connectivity index (χ1n) is 26.2. The van der Waals surface area contributed by atoms with Crippen molar-refractivity contribution in [1.29, 1.82) is 0 Å². The van der Waals surface area contributed by atoms with Crippen LogP contribution in [0.4, 0.5) is 0 Å². The molecule has 0 N–H and O–H groups in total. The van der Waals surface area contributed by atoms with Crippen LogP contribution in [-0.2, 0) is 16.0 Å². The van der Waals surface area contributed by atoms with E-state index in [4.69, 9.17) is 7.53 Å². The van der Waals surface area contributed by atoms with E-state index in [0.717, 1.165) is 0 Å². The van der Waals surface area contributed by atoms with Gasteiger partial charge in [0.2, 0.25) is 0 Å². The standard InChI is InChI=1S/C68H64Ge2O2/c1-39-29-43(5)63(44(6)30-39)69(64-45(7)31-40(2)32-46(64)8)67(55-25-17-13-21-51(55)52-22-14-18-26-56(52)67)59-37-62-60(38-61(59)71-69)68(57-27-19-15-23-53(57)54-24-16-20-28-58(54)68)70(72-62,65-47(9)33-41(3)34-48(65)10)66-49(11)35-42(4)36-50(66)12/h13-36H,37-38H2,1-12H3. The van der Waals surface area contributed by atoms with Gasteiger partial charge in [0, 0.05) is 0 Å². The molecule has 0 fully saturated rings. The third-order valence-corrected chi connectivity index (χ3v) is 40.7. The van der Waals surface area contributed by atoms with Gasteiger partial charge in [-0.15, -0.1) is 0 Å². The molecule has 0 bridgehead atoms. The van der Waals surface area contributed by atoms with Gasteiger partial charge in [-0.3, -0.25) is 0 Å². The summed E-state index contributed by atoms with van der Waals surface area (Å²) in [4.78, 5) is 0. The number of hydrogen-bond donors (Lipinski definition) is 0. The van der Waals surface area contributed by atoms with E-state index in [9.17, 15) is 0 Å². The van der Waals surface area contributed by atoms with Crippen molar-refractivity contribution in [2.24, 2.45) is 0 Å². The molecule has 72 heavy (non-hydrogen) atoms. The summed E-state index contributed by atoms with van der Waals surface area (Å²) in [6.45, 7) is 28.1. The van der Waals surface area contributed by atoms with Crippen LogP contribution in [0.25, 0.3) is 22.3 Å². The van der Waals surface area contributed by atoms with Crippen LogP contribution in [0.3, 0.4) is 0 Å². The molecule has 0 saturated carbocycles. The number of hydrogen-bond acceptors (Lipinski definition) is 2. The number of rotatable bonds is 4. The Morgan fingerprint density at radius 3 is 0.736 bits per heavy atom. The van der Waals surface area contributed by atoms with E-state index in [0.29, 0.717) is 12.8 Å². The molecule has 0 atom stereocenters. The summed E-state index contributed by atoms with van der Waals surface area (Å²) in [5.41, 5.74) is 29.6. The maximum absolute atomic E-state index is 8.87. The van der Waals surface area contributed by atoms with Crippen molar-refractivity contribution in [3.8, 4) is 22.3 Å². The molecule has 0 saturated heterocycles. The molecule has 2 heterocycles. The quantitative estimate of drug-likeness (QED) is 0.164. The second-order valence-electron chi connectivity index (χ2n) is 22.5. The fraction of sp³-hybridized carbons (Fsp3) is 0.235. The van der Waals surface area contributed by atoms with E-state index in [2.05, 4.69) is 229 Å².